The summed E-state index contributed by atoms with van der Waals surface area (Å²) in [4.78, 5) is 4.02. The Kier molecular flexibility index (Phi) is 4.80. The molecule has 0 aliphatic heterocycles. The number of benzene rings is 1. The summed E-state index contributed by atoms with van der Waals surface area (Å²) in [6, 6.07) is 6.74. The van der Waals surface area contributed by atoms with Gasteiger partial charge in [-0.1, -0.05) is 23.2 Å². The topological polar surface area (TPSA) is 54.4 Å². The van der Waals surface area contributed by atoms with Gasteiger partial charge >= 0.3 is 0 Å². The summed E-state index contributed by atoms with van der Waals surface area (Å²) in [6.45, 7) is 3.81. The number of halogens is 2. The second-order valence-corrected chi connectivity index (χ2v) is 5.46. The Morgan fingerprint density at radius 3 is 2.57 bits per heavy atom. The molecule has 0 saturated carbocycles. The summed E-state index contributed by atoms with van der Waals surface area (Å²) < 4.78 is 5.07. The van der Waals surface area contributed by atoms with Crippen molar-refractivity contribution in [1.29, 1.82) is 0 Å². The molecule has 0 aliphatic carbocycles. The number of aromatic nitrogens is 1. The van der Waals surface area contributed by atoms with Gasteiger partial charge in [0.2, 0.25) is 0 Å². The zero-order valence-electron chi connectivity index (χ0n) is 11.9. The molecule has 0 bridgehead atoms. The van der Waals surface area contributed by atoms with Gasteiger partial charge < -0.3 is 15.2 Å². The van der Waals surface area contributed by atoms with Gasteiger partial charge in [-0.25, -0.2) is 4.98 Å². The minimum Gasteiger partial charge on any atom is -0.507 e. The van der Waals surface area contributed by atoms with Crippen LogP contribution in [0.2, 0.25) is 10.3 Å². The SMILES string of the molecule is COc1ccc(C(C)Nc2c(C)cc(Cl)nc2Cl)c(O)c1. The normalized spacial score (nSPS) is 12.0. The molecule has 4 nitrogen and oxygen atoms in total. The highest BCUT2D eigenvalue weighted by Crippen LogP contribution is 2.33. The lowest BCUT2D eigenvalue weighted by Gasteiger charge is -2.19. The Balaban J connectivity index is 2.28. The van der Waals surface area contributed by atoms with Crippen molar-refractivity contribution >= 4 is 28.9 Å². The third-order valence-electron chi connectivity index (χ3n) is 3.21. The zero-order valence-corrected chi connectivity index (χ0v) is 13.5. The molecule has 1 heterocycles. The molecule has 2 aromatic rings. The van der Waals surface area contributed by atoms with Crippen LogP contribution < -0.4 is 10.1 Å². The molecule has 1 unspecified atom stereocenters. The highest BCUT2D eigenvalue weighted by molar-refractivity contribution is 6.34. The van der Waals surface area contributed by atoms with Crippen LogP contribution in [0.4, 0.5) is 5.69 Å². The van der Waals surface area contributed by atoms with E-state index in [1.807, 2.05) is 13.8 Å². The monoisotopic (exact) mass is 326 g/mol. The van der Waals surface area contributed by atoms with Gasteiger partial charge in [-0.3, -0.25) is 0 Å². The van der Waals surface area contributed by atoms with E-state index in [2.05, 4.69) is 10.3 Å². The fourth-order valence-corrected chi connectivity index (χ4v) is 2.67. The Morgan fingerprint density at radius 1 is 1.29 bits per heavy atom. The molecule has 21 heavy (non-hydrogen) atoms. The van der Waals surface area contributed by atoms with Crippen molar-refractivity contribution in [3.63, 3.8) is 0 Å². The average Bonchev–Trinajstić information content (AvgIpc) is 2.42. The van der Waals surface area contributed by atoms with Crippen LogP contribution in [0.3, 0.4) is 0 Å². The van der Waals surface area contributed by atoms with Crippen LogP contribution >= 0.6 is 23.2 Å². The van der Waals surface area contributed by atoms with Gasteiger partial charge in [0.15, 0.2) is 5.15 Å². The minimum atomic E-state index is -0.157. The second kappa shape index (κ2) is 6.41. The van der Waals surface area contributed by atoms with Gasteiger partial charge in [-0.2, -0.15) is 0 Å². The number of anilines is 1. The number of rotatable bonds is 4. The molecular formula is C15H16Cl2N2O2. The van der Waals surface area contributed by atoms with Crippen molar-refractivity contribution in [2.24, 2.45) is 0 Å². The molecule has 1 aromatic carbocycles. The molecule has 0 fully saturated rings. The molecule has 0 spiro atoms. The summed E-state index contributed by atoms with van der Waals surface area (Å²) >= 11 is 12.0. The van der Waals surface area contributed by atoms with Crippen LogP contribution in [0.25, 0.3) is 0 Å². The fraction of sp³-hybridized carbons (Fsp3) is 0.267. The minimum absolute atomic E-state index is 0.157. The molecule has 1 atom stereocenters. The lowest BCUT2D eigenvalue weighted by molar-refractivity contribution is 0.406. The van der Waals surface area contributed by atoms with Gasteiger partial charge in [-0.05, 0) is 37.6 Å². The van der Waals surface area contributed by atoms with Crippen molar-refractivity contribution in [1.82, 2.24) is 4.98 Å². The van der Waals surface area contributed by atoms with Crippen LogP contribution in [0, 0.1) is 6.92 Å². The standard InChI is InChI=1S/C15H16Cl2N2O2/c1-8-6-13(16)19-15(17)14(8)18-9(2)11-5-4-10(21-3)7-12(11)20/h4-7,9,18,20H,1-3H3. The number of aryl methyl sites for hydroxylation is 1. The zero-order chi connectivity index (χ0) is 15.6. The summed E-state index contributed by atoms with van der Waals surface area (Å²) in [5.41, 5.74) is 2.32. The van der Waals surface area contributed by atoms with E-state index in [1.54, 1.807) is 31.4 Å². The Morgan fingerprint density at radius 2 is 2.00 bits per heavy atom. The summed E-state index contributed by atoms with van der Waals surface area (Å²) in [5.74, 6) is 0.760. The van der Waals surface area contributed by atoms with Gasteiger partial charge in [0.25, 0.3) is 0 Å². The van der Waals surface area contributed by atoms with E-state index in [9.17, 15) is 5.11 Å². The average molecular weight is 327 g/mol. The van der Waals surface area contributed by atoms with Crippen molar-refractivity contribution in [2.45, 2.75) is 19.9 Å². The maximum atomic E-state index is 10.1. The van der Waals surface area contributed by atoms with Crippen molar-refractivity contribution < 1.29 is 9.84 Å². The maximum Gasteiger partial charge on any atom is 0.154 e. The van der Waals surface area contributed by atoms with E-state index >= 15 is 0 Å². The molecule has 6 heteroatoms. The third kappa shape index (κ3) is 3.52. The van der Waals surface area contributed by atoms with Crippen LogP contribution in [0.15, 0.2) is 24.3 Å². The summed E-state index contributed by atoms with van der Waals surface area (Å²) in [5, 5.41) is 14.0. The first-order valence-corrected chi connectivity index (χ1v) is 7.14. The number of nitrogens with zero attached hydrogens (tertiary/aromatic N) is 1. The fourth-order valence-electron chi connectivity index (χ4n) is 2.08. The van der Waals surface area contributed by atoms with E-state index in [1.165, 1.54) is 0 Å². The largest absolute Gasteiger partial charge is 0.507 e. The van der Waals surface area contributed by atoms with Crippen molar-refractivity contribution in [3.05, 3.63) is 45.7 Å². The van der Waals surface area contributed by atoms with Crippen LogP contribution in [-0.2, 0) is 0 Å². The van der Waals surface area contributed by atoms with Gasteiger partial charge in [0, 0.05) is 11.6 Å². The lowest BCUT2D eigenvalue weighted by Crippen LogP contribution is -2.09. The molecule has 1 aromatic heterocycles. The van der Waals surface area contributed by atoms with E-state index in [0.29, 0.717) is 21.7 Å². The van der Waals surface area contributed by atoms with Crippen LogP contribution in [-0.4, -0.2) is 17.2 Å². The van der Waals surface area contributed by atoms with E-state index in [0.717, 1.165) is 11.1 Å². The quantitative estimate of drug-likeness (QED) is 0.807. The highest BCUT2D eigenvalue weighted by atomic mass is 35.5. The smallest absolute Gasteiger partial charge is 0.154 e. The molecule has 112 valence electrons. The molecule has 0 amide bonds. The first-order valence-electron chi connectivity index (χ1n) is 6.38. The number of ether oxygens (including phenoxy) is 1. The molecule has 0 saturated heterocycles. The lowest BCUT2D eigenvalue weighted by atomic mass is 10.1. The van der Waals surface area contributed by atoms with E-state index < -0.39 is 0 Å². The summed E-state index contributed by atoms with van der Waals surface area (Å²) in [7, 11) is 1.55. The number of aromatic hydroxyl groups is 1. The number of nitrogens with one attached hydrogen (secondary N) is 1. The van der Waals surface area contributed by atoms with E-state index in [4.69, 9.17) is 27.9 Å². The maximum absolute atomic E-state index is 10.1. The predicted molar refractivity (Wildman–Crippen MR) is 85.7 cm³/mol. The van der Waals surface area contributed by atoms with Gasteiger partial charge in [0.1, 0.15) is 16.7 Å². The first-order chi connectivity index (χ1) is 9.92. The molecule has 2 rings (SSSR count). The number of phenolic OH excluding ortho intramolecular Hbond substituents is 1. The molecular weight excluding hydrogens is 311 g/mol. The predicted octanol–water partition coefficient (Wildman–Crippen LogP) is 4.58. The second-order valence-electron chi connectivity index (χ2n) is 4.72. The number of hydrogen-bond donors (Lipinski definition) is 2. The van der Waals surface area contributed by atoms with Gasteiger partial charge in [-0.15, -0.1) is 0 Å². The Labute approximate surface area is 133 Å². The molecule has 0 aliphatic rings. The Hall–Kier alpha value is -1.65. The van der Waals surface area contributed by atoms with Crippen LogP contribution in [0.1, 0.15) is 24.1 Å². The van der Waals surface area contributed by atoms with Gasteiger partial charge in [0.05, 0.1) is 18.8 Å². The number of methoxy groups -OCH3 is 1. The van der Waals surface area contributed by atoms with E-state index in [-0.39, 0.29) is 11.8 Å². The van der Waals surface area contributed by atoms with Crippen molar-refractivity contribution in [3.8, 4) is 11.5 Å². The molecule has 2 N–H and O–H groups in total. The number of phenols is 1. The van der Waals surface area contributed by atoms with Crippen LogP contribution in [0.5, 0.6) is 11.5 Å². The molecule has 0 radical (unpaired) electrons. The highest BCUT2D eigenvalue weighted by Gasteiger charge is 2.15. The first kappa shape index (κ1) is 15.7. The third-order valence-corrected chi connectivity index (χ3v) is 3.67. The number of pyridine rings is 1. The number of hydrogen-bond acceptors (Lipinski definition) is 4. The summed E-state index contributed by atoms with van der Waals surface area (Å²) in [6.07, 6.45) is 0. The Bertz CT molecular complexity index is 639. The van der Waals surface area contributed by atoms with Crippen molar-refractivity contribution in [2.75, 3.05) is 12.4 Å².